The van der Waals surface area contributed by atoms with Gasteiger partial charge in [0, 0.05) is 10.0 Å². The van der Waals surface area contributed by atoms with Crippen molar-refractivity contribution in [2.45, 2.75) is 19.9 Å². The molecule has 1 atom stereocenters. The average Bonchev–Trinajstić information content (AvgIpc) is 2.26. The van der Waals surface area contributed by atoms with Crippen LogP contribution in [0.1, 0.15) is 25.5 Å². The molecule has 0 saturated heterocycles. The summed E-state index contributed by atoms with van der Waals surface area (Å²) in [6.45, 7) is 2.95. The first-order chi connectivity index (χ1) is 8.21. The van der Waals surface area contributed by atoms with Crippen molar-refractivity contribution >= 4 is 34.3 Å². The zero-order valence-electron chi connectivity index (χ0n) is 10.7. The van der Waals surface area contributed by atoms with E-state index in [1.807, 2.05) is 0 Å². The minimum Gasteiger partial charge on any atom is -0.469 e. The number of halogens is 4. The van der Waals surface area contributed by atoms with Gasteiger partial charge in [-0.05, 0) is 26.0 Å². The Kier molecular flexibility index (Phi) is 6.38. The molecular formula is C12H15BrClF2NO2. The zero-order chi connectivity index (χ0) is 14.1. The Labute approximate surface area is 125 Å². The summed E-state index contributed by atoms with van der Waals surface area (Å²) in [5.41, 5.74) is 4.25. The fourth-order valence-electron chi connectivity index (χ4n) is 1.60. The van der Waals surface area contributed by atoms with Gasteiger partial charge in [0.2, 0.25) is 0 Å². The van der Waals surface area contributed by atoms with Crippen LogP contribution in [-0.2, 0) is 9.53 Å². The van der Waals surface area contributed by atoms with E-state index in [4.69, 9.17) is 5.73 Å². The van der Waals surface area contributed by atoms with Crippen LogP contribution in [0.3, 0.4) is 0 Å². The van der Waals surface area contributed by atoms with Crippen molar-refractivity contribution in [3.8, 4) is 0 Å². The second-order valence-electron chi connectivity index (χ2n) is 4.47. The molecule has 0 aliphatic carbocycles. The molecule has 0 saturated carbocycles. The molecule has 0 heterocycles. The van der Waals surface area contributed by atoms with E-state index in [0.717, 1.165) is 12.1 Å². The number of carbonyl (C=O) groups excluding carboxylic acids is 1. The number of rotatable bonds is 3. The Balaban J connectivity index is 0.00000324. The number of methoxy groups -OCH3 is 1. The molecule has 0 amide bonds. The third-order valence-corrected chi connectivity index (χ3v) is 3.30. The summed E-state index contributed by atoms with van der Waals surface area (Å²) in [6, 6.07) is 1.06. The molecule has 1 aromatic rings. The highest BCUT2D eigenvalue weighted by Gasteiger charge is 2.39. The summed E-state index contributed by atoms with van der Waals surface area (Å²) in [5.74, 6) is -2.23. The molecule has 0 radical (unpaired) electrons. The molecule has 108 valence electrons. The van der Waals surface area contributed by atoms with E-state index in [-0.39, 0.29) is 22.4 Å². The van der Waals surface area contributed by atoms with Gasteiger partial charge in [-0.1, -0.05) is 15.9 Å². The van der Waals surface area contributed by atoms with Crippen molar-refractivity contribution in [1.82, 2.24) is 0 Å². The van der Waals surface area contributed by atoms with Gasteiger partial charge < -0.3 is 10.5 Å². The van der Waals surface area contributed by atoms with Gasteiger partial charge in [0.15, 0.2) is 0 Å². The minimum atomic E-state index is -1.23. The van der Waals surface area contributed by atoms with Crippen molar-refractivity contribution in [2.24, 2.45) is 11.1 Å². The van der Waals surface area contributed by atoms with Gasteiger partial charge in [-0.25, -0.2) is 8.78 Å². The fraction of sp³-hybridized carbons (Fsp3) is 0.417. The van der Waals surface area contributed by atoms with E-state index in [1.165, 1.54) is 21.0 Å². The SMILES string of the molecule is COC(=O)C(C)(C)[C@@H](N)c1c(F)cc(Br)cc1F.Cl. The van der Waals surface area contributed by atoms with Gasteiger partial charge in [0.05, 0.1) is 18.6 Å². The standard InChI is InChI=1S/C12H14BrF2NO2.ClH/c1-12(2,11(17)18-3)10(16)9-7(14)4-6(13)5-8(9)15;/h4-5,10H,16H2,1-3H3;1H/t10-;/m0./s1. The third-order valence-electron chi connectivity index (χ3n) is 2.84. The number of hydrogen-bond acceptors (Lipinski definition) is 3. The molecule has 0 aliphatic heterocycles. The first-order valence-corrected chi connectivity index (χ1v) is 5.99. The number of nitrogens with two attached hydrogens (primary N) is 1. The smallest absolute Gasteiger partial charge is 0.313 e. The van der Waals surface area contributed by atoms with Crippen LogP contribution in [0.25, 0.3) is 0 Å². The first kappa shape index (κ1) is 18.3. The van der Waals surface area contributed by atoms with E-state index < -0.39 is 29.1 Å². The molecule has 19 heavy (non-hydrogen) atoms. The first-order valence-electron chi connectivity index (χ1n) is 5.20. The van der Waals surface area contributed by atoms with Crippen LogP contribution < -0.4 is 5.73 Å². The topological polar surface area (TPSA) is 52.3 Å². The minimum absolute atomic E-state index is 0. The predicted molar refractivity (Wildman–Crippen MR) is 74.0 cm³/mol. The van der Waals surface area contributed by atoms with Gasteiger partial charge >= 0.3 is 5.97 Å². The van der Waals surface area contributed by atoms with Crippen molar-refractivity contribution in [1.29, 1.82) is 0 Å². The summed E-state index contributed by atoms with van der Waals surface area (Å²) >= 11 is 2.98. The molecule has 0 aromatic heterocycles. The molecule has 0 bridgehead atoms. The molecule has 3 nitrogen and oxygen atoms in total. The van der Waals surface area contributed by atoms with E-state index in [0.29, 0.717) is 0 Å². The lowest BCUT2D eigenvalue weighted by Crippen LogP contribution is -2.38. The van der Waals surface area contributed by atoms with Crippen LogP contribution in [0.5, 0.6) is 0 Å². The quantitative estimate of drug-likeness (QED) is 0.843. The average molecular weight is 359 g/mol. The summed E-state index contributed by atoms with van der Waals surface area (Å²) in [6.07, 6.45) is 0. The van der Waals surface area contributed by atoms with Crippen molar-refractivity contribution in [3.05, 3.63) is 33.8 Å². The summed E-state index contributed by atoms with van der Waals surface area (Å²) in [7, 11) is 1.20. The maximum Gasteiger partial charge on any atom is 0.313 e. The number of benzene rings is 1. The molecule has 0 aliphatic rings. The normalized spacial score (nSPS) is 12.6. The Morgan fingerprint density at radius 3 is 2.16 bits per heavy atom. The Bertz CT molecular complexity index is 460. The lowest BCUT2D eigenvalue weighted by molar-refractivity contribution is -0.152. The Morgan fingerprint density at radius 1 is 1.37 bits per heavy atom. The van der Waals surface area contributed by atoms with E-state index in [9.17, 15) is 13.6 Å². The monoisotopic (exact) mass is 357 g/mol. The summed E-state index contributed by atoms with van der Waals surface area (Å²) in [5, 5.41) is 0. The predicted octanol–water partition coefficient (Wildman–Crippen LogP) is 3.35. The van der Waals surface area contributed by atoms with Crippen LogP contribution in [0.15, 0.2) is 16.6 Å². The maximum atomic E-state index is 13.8. The fourth-order valence-corrected chi connectivity index (χ4v) is 2.00. The number of esters is 1. The molecule has 1 rings (SSSR count). The van der Waals surface area contributed by atoms with Gasteiger partial charge in [-0.2, -0.15) is 0 Å². The van der Waals surface area contributed by atoms with E-state index in [2.05, 4.69) is 20.7 Å². The van der Waals surface area contributed by atoms with Gasteiger partial charge in [-0.15, -0.1) is 12.4 Å². The maximum absolute atomic E-state index is 13.8. The lowest BCUT2D eigenvalue weighted by atomic mass is 9.80. The van der Waals surface area contributed by atoms with Crippen LogP contribution in [0.2, 0.25) is 0 Å². The van der Waals surface area contributed by atoms with Crippen molar-refractivity contribution in [2.75, 3.05) is 7.11 Å². The number of carbonyl (C=O) groups is 1. The van der Waals surface area contributed by atoms with Gasteiger partial charge in [-0.3, -0.25) is 4.79 Å². The highest BCUT2D eigenvalue weighted by Crippen LogP contribution is 2.36. The van der Waals surface area contributed by atoms with Gasteiger partial charge in [0.25, 0.3) is 0 Å². The molecule has 7 heteroatoms. The van der Waals surface area contributed by atoms with Crippen LogP contribution in [0, 0.1) is 17.0 Å². The highest BCUT2D eigenvalue weighted by atomic mass is 79.9. The summed E-state index contributed by atoms with van der Waals surface area (Å²) < 4.78 is 32.4. The van der Waals surface area contributed by atoms with Crippen LogP contribution in [-0.4, -0.2) is 13.1 Å². The Hall–Kier alpha value is -0.720. The second-order valence-corrected chi connectivity index (χ2v) is 5.39. The van der Waals surface area contributed by atoms with Crippen LogP contribution >= 0.6 is 28.3 Å². The third kappa shape index (κ3) is 3.64. The largest absolute Gasteiger partial charge is 0.469 e. The molecular weight excluding hydrogens is 343 g/mol. The molecule has 1 aromatic carbocycles. The lowest BCUT2D eigenvalue weighted by Gasteiger charge is -2.29. The van der Waals surface area contributed by atoms with E-state index >= 15 is 0 Å². The summed E-state index contributed by atoms with van der Waals surface area (Å²) in [4.78, 5) is 11.6. The highest BCUT2D eigenvalue weighted by molar-refractivity contribution is 9.10. The molecule has 0 unspecified atom stereocenters. The molecule has 0 spiro atoms. The van der Waals surface area contributed by atoms with Crippen molar-refractivity contribution in [3.63, 3.8) is 0 Å². The Morgan fingerprint density at radius 2 is 1.79 bits per heavy atom. The van der Waals surface area contributed by atoms with Crippen LogP contribution in [0.4, 0.5) is 8.78 Å². The zero-order valence-corrected chi connectivity index (χ0v) is 13.1. The molecule has 0 fully saturated rings. The second kappa shape index (κ2) is 6.63. The number of ether oxygens (including phenoxy) is 1. The van der Waals surface area contributed by atoms with Gasteiger partial charge in [0.1, 0.15) is 11.6 Å². The number of hydrogen-bond donors (Lipinski definition) is 1. The molecule has 2 N–H and O–H groups in total. The van der Waals surface area contributed by atoms with Crippen molar-refractivity contribution < 1.29 is 18.3 Å². The van der Waals surface area contributed by atoms with E-state index in [1.54, 1.807) is 0 Å².